The number of alkyl halides is 3. The maximum atomic E-state index is 13.4. The van der Waals surface area contributed by atoms with Gasteiger partial charge in [-0.25, -0.2) is 0 Å². The van der Waals surface area contributed by atoms with Gasteiger partial charge in [0.2, 0.25) is 0 Å². The summed E-state index contributed by atoms with van der Waals surface area (Å²) in [6, 6.07) is 7.19. The molecule has 1 unspecified atom stereocenters. The van der Waals surface area contributed by atoms with E-state index in [1.807, 2.05) is 19.1 Å². The Hall–Kier alpha value is -1.55. The fraction of sp³-hybridized carbons (Fsp3) is 0.250. The Balaban J connectivity index is 2.24. The standard InChI is InChI=1S/C16H14F3S/c1-2-4-11-7-8-13-10-15(12-5-3-6-12)20(14(13)9-11)16(17,18)19/h3,5-10H,2,4H2,1H3/q+1. The van der Waals surface area contributed by atoms with E-state index in [-0.39, 0.29) is 0 Å². The van der Waals surface area contributed by atoms with E-state index in [1.165, 1.54) is 0 Å². The van der Waals surface area contributed by atoms with Crippen LogP contribution >= 0.6 is 10.5 Å². The Morgan fingerprint density at radius 1 is 1.15 bits per heavy atom. The predicted molar refractivity (Wildman–Crippen MR) is 78.8 cm³/mol. The highest BCUT2D eigenvalue weighted by molar-refractivity contribution is 7.39. The highest BCUT2D eigenvalue weighted by Gasteiger charge is 2.48. The van der Waals surface area contributed by atoms with Crippen molar-refractivity contribution in [3.63, 3.8) is 0 Å². The molecule has 1 aliphatic carbocycles. The molecule has 1 aromatic carbocycles. The smallest absolute Gasteiger partial charge is 0.118 e. The zero-order valence-electron chi connectivity index (χ0n) is 11.0. The maximum Gasteiger partial charge on any atom is 0.601 e. The molecular weight excluding hydrogens is 281 g/mol. The van der Waals surface area contributed by atoms with Crippen LogP contribution in [0, 0.1) is 0 Å². The molecule has 1 aromatic heterocycles. The quantitative estimate of drug-likeness (QED) is 0.612. The molecule has 0 nitrogen and oxygen atoms in total. The lowest BCUT2D eigenvalue weighted by Gasteiger charge is -2.04. The zero-order chi connectivity index (χ0) is 14.3. The summed E-state index contributed by atoms with van der Waals surface area (Å²) < 4.78 is 40.8. The number of allylic oxidation sites excluding steroid dienone is 4. The minimum absolute atomic E-state index is 0.406. The normalized spacial score (nSPS) is 15.4. The van der Waals surface area contributed by atoms with Crippen molar-refractivity contribution in [3.8, 4) is 0 Å². The van der Waals surface area contributed by atoms with Crippen LogP contribution in [0.2, 0.25) is 0 Å². The van der Waals surface area contributed by atoms with E-state index in [9.17, 15) is 13.2 Å². The van der Waals surface area contributed by atoms with E-state index < -0.39 is 16.0 Å². The van der Waals surface area contributed by atoms with Crippen LogP contribution in [-0.2, 0) is 11.9 Å². The van der Waals surface area contributed by atoms with Gasteiger partial charge in [0.1, 0.15) is 10.5 Å². The Morgan fingerprint density at radius 2 is 1.90 bits per heavy atom. The van der Waals surface area contributed by atoms with Gasteiger partial charge in [0.25, 0.3) is 0 Å². The van der Waals surface area contributed by atoms with Gasteiger partial charge in [-0.2, -0.15) is 0 Å². The second kappa shape index (κ2) is 4.77. The van der Waals surface area contributed by atoms with E-state index >= 15 is 0 Å². The first-order chi connectivity index (χ1) is 9.50. The van der Waals surface area contributed by atoms with Crippen molar-refractivity contribution >= 4 is 26.1 Å². The molecule has 0 saturated carbocycles. The molecule has 0 aliphatic heterocycles. The average molecular weight is 295 g/mol. The van der Waals surface area contributed by atoms with Crippen LogP contribution in [-0.4, -0.2) is 0 Å². The summed E-state index contributed by atoms with van der Waals surface area (Å²) in [6.45, 7) is 2.03. The van der Waals surface area contributed by atoms with Gasteiger partial charge in [-0.05, 0) is 30.2 Å². The number of hydrogen-bond acceptors (Lipinski definition) is 0. The Bertz CT molecular complexity index is 717. The minimum Gasteiger partial charge on any atom is -0.118 e. The number of fused-ring (bicyclic) bond motifs is 1. The van der Waals surface area contributed by atoms with Gasteiger partial charge in [0.15, 0.2) is 9.58 Å². The Kier molecular flexibility index (Phi) is 3.21. The molecule has 0 spiro atoms. The van der Waals surface area contributed by atoms with Crippen LogP contribution in [0.5, 0.6) is 0 Å². The van der Waals surface area contributed by atoms with Crippen molar-refractivity contribution in [1.29, 1.82) is 0 Å². The fourth-order valence-corrected chi connectivity index (χ4v) is 4.43. The third-order valence-electron chi connectivity index (χ3n) is 3.41. The van der Waals surface area contributed by atoms with Crippen LogP contribution < -0.4 is 0 Å². The summed E-state index contributed by atoms with van der Waals surface area (Å²) in [5.41, 5.74) is -2.52. The molecule has 0 N–H and O–H groups in total. The first-order valence-electron chi connectivity index (χ1n) is 6.55. The predicted octanol–water partition coefficient (Wildman–Crippen LogP) is 5.97. The maximum absolute atomic E-state index is 13.4. The van der Waals surface area contributed by atoms with Gasteiger partial charge in [-0.3, -0.25) is 0 Å². The molecule has 1 atom stereocenters. The van der Waals surface area contributed by atoms with Gasteiger partial charge < -0.3 is 0 Å². The van der Waals surface area contributed by atoms with E-state index in [2.05, 4.69) is 0 Å². The zero-order valence-corrected chi connectivity index (χ0v) is 11.8. The molecule has 2 aromatic rings. The van der Waals surface area contributed by atoms with Crippen LogP contribution in [0.1, 0.15) is 23.8 Å². The number of hydrogen-bond donors (Lipinski definition) is 0. The summed E-state index contributed by atoms with van der Waals surface area (Å²) in [6.07, 6.45) is 7.03. The van der Waals surface area contributed by atoms with Crippen molar-refractivity contribution in [2.75, 3.05) is 0 Å². The van der Waals surface area contributed by atoms with Crippen LogP contribution in [0.3, 0.4) is 0 Å². The van der Waals surface area contributed by atoms with Gasteiger partial charge in [-0.15, -0.1) is 13.2 Å². The lowest BCUT2D eigenvalue weighted by atomic mass is 10.1. The molecule has 1 heterocycles. The first-order valence-corrected chi connectivity index (χ1v) is 7.77. The Morgan fingerprint density at radius 3 is 2.45 bits per heavy atom. The lowest BCUT2D eigenvalue weighted by Crippen LogP contribution is -1.98. The van der Waals surface area contributed by atoms with Gasteiger partial charge in [0.05, 0.1) is 0 Å². The molecule has 0 amide bonds. The SMILES string of the molecule is CCCc1ccc2cc(C3=CC=C3)[s+](C(F)(F)F)c2c1. The van der Waals surface area contributed by atoms with Crippen LogP contribution in [0.4, 0.5) is 13.2 Å². The first kappa shape index (κ1) is 13.4. The van der Waals surface area contributed by atoms with E-state index in [0.717, 1.165) is 18.4 Å². The van der Waals surface area contributed by atoms with E-state index in [4.69, 9.17) is 0 Å². The largest absolute Gasteiger partial charge is 0.601 e. The topological polar surface area (TPSA) is 0 Å². The molecular formula is C16H14F3S+. The molecule has 20 heavy (non-hydrogen) atoms. The van der Waals surface area contributed by atoms with E-state index in [1.54, 1.807) is 30.4 Å². The molecule has 104 valence electrons. The molecule has 0 fully saturated rings. The molecule has 0 saturated heterocycles. The van der Waals surface area contributed by atoms with Crippen molar-refractivity contribution in [1.82, 2.24) is 0 Å². The monoisotopic (exact) mass is 295 g/mol. The van der Waals surface area contributed by atoms with Crippen LogP contribution in [0.15, 0.2) is 42.5 Å². The molecule has 0 bridgehead atoms. The number of benzene rings is 1. The Labute approximate surface area is 118 Å². The third-order valence-corrected chi connectivity index (χ3v) is 5.46. The third kappa shape index (κ3) is 2.18. The summed E-state index contributed by atoms with van der Waals surface area (Å²) in [5.74, 6) is 0. The number of aryl methyl sites for hydroxylation is 1. The summed E-state index contributed by atoms with van der Waals surface area (Å²) >= 11 is 0. The van der Waals surface area contributed by atoms with Crippen molar-refractivity contribution in [2.45, 2.75) is 25.3 Å². The van der Waals surface area contributed by atoms with Gasteiger partial charge >= 0.3 is 5.51 Å². The van der Waals surface area contributed by atoms with Crippen molar-refractivity contribution in [3.05, 3.63) is 52.9 Å². The summed E-state index contributed by atoms with van der Waals surface area (Å²) in [4.78, 5) is 0.406. The minimum atomic E-state index is -4.22. The second-order valence-electron chi connectivity index (χ2n) is 4.86. The number of thiophene rings is 1. The molecule has 3 rings (SSSR count). The fourth-order valence-electron chi connectivity index (χ4n) is 2.44. The van der Waals surface area contributed by atoms with E-state index in [0.29, 0.717) is 20.5 Å². The molecule has 4 heteroatoms. The summed E-state index contributed by atoms with van der Waals surface area (Å²) in [5, 5.41) is 0.710. The number of rotatable bonds is 3. The highest BCUT2D eigenvalue weighted by atomic mass is 32.2. The van der Waals surface area contributed by atoms with Gasteiger partial charge in [0, 0.05) is 23.1 Å². The van der Waals surface area contributed by atoms with Crippen molar-refractivity contribution < 1.29 is 13.2 Å². The second-order valence-corrected chi connectivity index (χ2v) is 6.82. The molecule has 0 radical (unpaired) electrons. The van der Waals surface area contributed by atoms with Crippen molar-refractivity contribution in [2.24, 2.45) is 0 Å². The average Bonchev–Trinajstić information content (AvgIpc) is 2.64. The number of halogens is 3. The highest BCUT2D eigenvalue weighted by Crippen LogP contribution is 2.53. The molecule has 1 aliphatic rings. The van der Waals surface area contributed by atoms with Gasteiger partial charge in [-0.1, -0.05) is 25.5 Å². The summed E-state index contributed by atoms with van der Waals surface area (Å²) in [7, 11) is -1.81. The lowest BCUT2D eigenvalue weighted by molar-refractivity contribution is -0.0866. The van der Waals surface area contributed by atoms with Crippen LogP contribution in [0.25, 0.3) is 15.7 Å².